The lowest BCUT2D eigenvalue weighted by molar-refractivity contribution is -0.189. The molecule has 0 aromatic heterocycles. The molecule has 0 N–H and O–H groups in total. The van der Waals surface area contributed by atoms with E-state index in [-0.39, 0.29) is 23.3 Å². The molecule has 220 valence electrons. The van der Waals surface area contributed by atoms with Gasteiger partial charge in [0.2, 0.25) is 0 Å². The summed E-state index contributed by atoms with van der Waals surface area (Å²) in [6.07, 6.45) is 1.13. The van der Waals surface area contributed by atoms with Crippen LogP contribution in [0.4, 0.5) is 35.1 Å². The van der Waals surface area contributed by atoms with E-state index in [1.807, 2.05) is 24.3 Å². The summed E-state index contributed by atoms with van der Waals surface area (Å²) in [5.74, 6) is -9.92. The van der Waals surface area contributed by atoms with Crippen LogP contribution in [-0.4, -0.2) is 0 Å². The molecule has 5 rings (SSSR count). The van der Waals surface area contributed by atoms with Crippen molar-refractivity contribution in [1.82, 2.24) is 0 Å². The van der Waals surface area contributed by atoms with Crippen molar-refractivity contribution < 1.29 is 39.9 Å². The molecule has 9 heteroatoms. The van der Waals surface area contributed by atoms with Crippen LogP contribution in [0.2, 0.25) is 0 Å². The van der Waals surface area contributed by atoms with Crippen molar-refractivity contribution in [2.75, 3.05) is 0 Å². The van der Waals surface area contributed by atoms with Crippen molar-refractivity contribution in [2.24, 2.45) is 5.92 Å². The van der Waals surface area contributed by atoms with E-state index in [2.05, 4.69) is 11.7 Å². The number of halogens is 8. The highest BCUT2D eigenvalue weighted by atomic mass is 19.3. The lowest BCUT2D eigenvalue weighted by Crippen LogP contribution is -2.25. The number of hydrogen-bond donors (Lipinski definition) is 0. The summed E-state index contributed by atoms with van der Waals surface area (Å²) in [6.45, 7) is 2.21. The molecule has 1 saturated carbocycles. The van der Waals surface area contributed by atoms with Crippen LogP contribution in [0, 0.1) is 40.8 Å². The minimum Gasteiger partial charge on any atom is -0.429 e. The van der Waals surface area contributed by atoms with E-state index in [0.29, 0.717) is 23.6 Å². The van der Waals surface area contributed by atoms with Crippen LogP contribution < -0.4 is 4.74 Å². The minimum atomic E-state index is -4.74. The van der Waals surface area contributed by atoms with Crippen LogP contribution in [-0.2, 0) is 6.11 Å². The third-order valence-electron chi connectivity index (χ3n) is 7.96. The van der Waals surface area contributed by atoms with E-state index in [9.17, 15) is 30.7 Å². The monoisotopic (exact) mass is 590 g/mol. The second-order valence-corrected chi connectivity index (χ2v) is 10.6. The zero-order chi connectivity index (χ0) is 30.2. The summed E-state index contributed by atoms with van der Waals surface area (Å²) in [6, 6.07) is 13.1. The topological polar surface area (TPSA) is 9.23 Å². The first-order valence-corrected chi connectivity index (χ1v) is 13.6. The smallest absolute Gasteiger partial charge is 0.429 e. The van der Waals surface area contributed by atoms with Crippen LogP contribution in [0.1, 0.15) is 56.1 Å². The first kappa shape index (κ1) is 29.6. The number of alkyl halides is 2. The van der Waals surface area contributed by atoms with Crippen LogP contribution in [0.3, 0.4) is 0 Å². The Labute approximate surface area is 237 Å². The van der Waals surface area contributed by atoms with Crippen molar-refractivity contribution in [3.63, 3.8) is 0 Å². The summed E-state index contributed by atoms with van der Waals surface area (Å²) < 4.78 is 118. The summed E-state index contributed by atoms with van der Waals surface area (Å²) in [7, 11) is 0. The zero-order valence-electron chi connectivity index (χ0n) is 22.5. The van der Waals surface area contributed by atoms with Gasteiger partial charge in [0.1, 0.15) is 28.8 Å². The zero-order valence-corrected chi connectivity index (χ0v) is 22.5. The quantitative estimate of drug-likeness (QED) is 0.154. The largest absolute Gasteiger partial charge is 0.432 e. The van der Waals surface area contributed by atoms with E-state index >= 15 is 4.39 Å². The molecule has 4 aromatic carbocycles. The van der Waals surface area contributed by atoms with Crippen molar-refractivity contribution in [2.45, 2.75) is 51.1 Å². The lowest BCUT2D eigenvalue weighted by atomic mass is 9.77. The van der Waals surface area contributed by atoms with Gasteiger partial charge in [0.15, 0.2) is 17.5 Å². The third-order valence-corrected chi connectivity index (χ3v) is 7.96. The summed E-state index contributed by atoms with van der Waals surface area (Å²) in [5.41, 5.74) is 0.0341. The molecule has 0 heterocycles. The van der Waals surface area contributed by atoms with Gasteiger partial charge in [0.05, 0.1) is 0 Å². The van der Waals surface area contributed by atoms with Crippen molar-refractivity contribution in [3.05, 3.63) is 113 Å². The molecule has 4 aromatic rings. The molecule has 0 spiro atoms. The maximum absolute atomic E-state index is 15.1. The second-order valence-electron chi connectivity index (χ2n) is 10.6. The molecule has 0 aliphatic heterocycles. The predicted molar refractivity (Wildman–Crippen MR) is 143 cm³/mol. The summed E-state index contributed by atoms with van der Waals surface area (Å²) >= 11 is 0. The van der Waals surface area contributed by atoms with E-state index in [4.69, 9.17) is 0 Å². The number of hydrogen-bond acceptors (Lipinski definition) is 1. The van der Waals surface area contributed by atoms with Crippen molar-refractivity contribution >= 4 is 0 Å². The number of benzene rings is 4. The minimum absolute atomic E-state index is 0.110. The first-order chi connectivity index (χ1) is 20.0. The standard InChI is InChI=1S/C33H26F8O/c1-2-18-3-5-19(6-4-18)20-7-9-21(10-8-20)22-11-12-25(26(34)13-22)23-14-27(35)31(28(36)15-23)33(40,41)42-24-16-29(37)32(39)30(38)17-24/h7-19H,2-6H2,1H3. The Hall–Kier alpha value is -3.88. The van der Waals surface area contributed by atoms with E-state index in [0.717, 1.165) is 24.3 Å². The van der Waals surface area contributed by atoms with Gasteiger partial charge in [0.25, 0.3) is 0 Å². The maximum atomic E-state index is 15.1. The Morgan fingerprint density at radius 1 is 0.643 bits per heavy atom. The number of ether oxygens (including phenoxy) is 1. The fourth-order valence-corrected chi connectivity index (χ4v) is 5.58. The van der Waals surface area contributed by atoms with Gasteiger partial charge in [-0.3, -0.25) is 0 Å². The molecule has 0 unspecified atom stereocenters. The van der Waals surface area contributed by atoms with Crippen molar-refractivity contribution in [3.8, 4) is 28.0 Å². The van der Waals surface area contributed by atoms with Crippen molar-refractivity contribution in [1.29, 1.82) is 0 Å². The molecular weight excluding hydrogens is 564 g/mol. The Bertz CT molecular complexity index is 1540. The van der Waals surface area contributed by atoms with E-state index < -0.39 is 52.3 Å². The fourth-order valence-electron chi connectivity index (χ4n) is 5.58. The average molecular weight is 591 g/mol. The van der Waals surface area contributed by atoms with Gasteiger partial charge in [-0.15, -0.1) is 0 Å². The van der Waals surface area contributed by atoms with Gasteiger partial charge in [-0.25, -0.2) is 26.3 Å². The van der Waals surface area contributed by atoms with Crippen LogP contribution in [0.15, 0.2) is 66.7 Å². The predicted octanol–water partition coefficient (Wildman–Crippen LogP) is 10.7. The van der Waals surface area contributed by atoms with Gasteiger partial charge < -0.3 is 4.74 Å². The molecule has 0 bridgehead atoms. The normalized spacial score (nSPS) is 17.4. The molecule has 0 atom stereocenters. The molecule has 1 fully saturated rings. The molecular formula is C33H26F8O. The molecule has 0 radical (unpaired) electrons. The maximum Gasteiger partial charge on any atom is 0.432 e. The third kappa shape index (κ3) is 6.01. The molecule has 1 aliphatic rings. The van der Waals surface area contributed by atoms with Gasteiger partial charge >= 0.3 is 6.11 Å². The van der Waals surface area contributed by atoms with Gasteiger partial charge in [-0.2, -0.15) is 8.78 Å². The molecule has 0 amide bonds. The molecule has 0 saturated heterocycles. The van der Waals surface area contributed by atoms with Crippen LogP contribution in [0.25, 0.3) is 22.3 Å². The number of rotatable bonds is 7. The highest BCUT2D eigenvalue weighted by Gasteiger charge is 2.41. The Kier molecular flexibility index (Phi) is 8.30. The Morgan fingerprint density at radius 3 is 1.74 bits per heavy atom. The highest BCUT2D eigenvalue weighted by Crippen LogP contribution is 2.40. The van der Waals surface area contributed by atoms with Gasteiger partial charge in [-0.1, -0.05) is 49.7 Å². The van der Waals surface area contributed by atoms with Crippen LogP contribution >= 0.6 is 0 Å². The lowest BCUT2D eigenvalue weighted by Gasteiger charge is -2.28. The SMILES string of the molecule is CCC1CCC(c2ccc(-c3ccc(-c4cc(F)c(C(F)(F)Oc5cc(F)c(F)c(F)c5)c(F)c4)c(F)c3)cc2)CC1. The summed E-state index contributed by atoms with van der Waals surface area (Å²) in [4.78, 5) is 0. The molecule has 1 nitrogen and oxygen atoms in total. The van der Waals surface area contributed by atoms with Gasteiger partial charge in [0, 0.05) is 17.7 Å². The highest BCUT2D eigenvalue weighted by molar-refractivity contribution is 5.71. The summed E-state index contributed by atoms with van der Waals surface area (Å²) in [5, 5.41) is 0. The second kappa shape index (κ2) is 11.8. The Balaban J connectivity index is 1.36. The Morgan fingerprint density at radius 2 is 1.19 bits per heavy atom. The average Bonchev–Trinajstić information content (AvgIpc) is 2.95. The first-order valence-electron chi connectivity index (χ1n) is 13.6. The van der Waals surface area contributed by atoms with E-state index in [1.54, 1.807) is 6.07 Å². The van der Waals surface area contributed by atoms with E-state index in [1.165, 1.54) is 37.0 Å². The molecule has 42 heavy (non-hydrogen) atoms. The fraction of sp³-hybridized carbons (Fsp3) is 0.273. The van der Waals surface area contributed by atoms with Gasteiger partial charge in [-0.05, 0) is 78.0 Å². The van der Waals surface area contributed by atoms with Crippen LogP contribution in [0.5, 0.6) is 5.75 Å². The molecule has 1 aliphatic carbocycles.